The van der Waals surface area contributed by atoms with Crippen molar-refractivity contribution in [1.29, 1.82) is 0 Å². The molecule has 38 heavy (non-hydrogen) atoms. The van der Waals surface area contributed by atoms with Gasteiger partial charge in [0.25, 0.3) is 12.3 Å². The fourth-order valence-corrected chi connectivity index (χ4v) is 6.95. The van der Waals surface area contributed by atoms with Gasteiger partial charge in [0.1, 0.15) is 11.1 Å². The van der Waals surface area contributed by atoms with Gasteiger partial charge in [-0.3, -0.25) is 14.6 Å². The molecule has 1 N–H and O–H groups in total. The van der Waals surface area contributed by atoms with Crippen LogP contribution in [0.1, 0.15) is 53.7 Å². The van der Waals surface area contributed by atoms with E-state index in [1.54, 1.807) is 11.3 Å². The van der Waals surface area contributed by atoms with Gasteiger partial charge in [-0.25, -0.2) is 8.78 Å². The highest BCUT2D eigenvalue weighted by Crippen LogP contribution is 2.49. The first-order chi connectivity index (χ1) is 18.4. The van der Waals surface area contributed by atoms with Crippen molar-refractivity contribution in [2.75, 3.05) is 29.4 Å². The Morgan fingerprint density at radius 3 is 2.66 bits per heavy atom. The van der Waals surface area contributed by atoms with E-state index in [1.807, 2.05) is 23.1 Å². The molecule has 6 rings (SSSR count). The molecule has 4 heterocycles. The molecule has 1 spiro atoms. The van der Waals surface area contributed by atoms with Gasteiger partial charge in [-0.15, -0.1) is 0 Å². The minimum absolute atomic E-state index is 0.123. The van der Waals surface area contributed by atoms with Gasteiger partial charge >= 0.3 is 0 Å². The summed E-state index contributed by atoms with van der Waals surface area (Å²) in [5.41, 5.74) is 2.05. The number of nitrogens with zero attached hydrogens (tertiary/aromatic N) is 3. The molecule has 2 fully saturated rings. The number of carbonyl (C=O) groups excluding carboxylic acids is 2. The summed E-state index contributed by atoms with van der Waals surface area (Å²) in [5, 5.41) is 7.20. The quantitative estimate of drug-likeness (QED) is 0.415. The Balaban J connectivity index is 1.09. The lowest BCUT2D eigenvalue weighted by Gasteiger charge is -2.48. The number of benzene rings is 1. The van der Waals surface area contributed by atoms with Gasteiger partial charge < -0.3 is 15.1 Å². The SMILES string of the molecule is O=C(N[C@H]1CC[C@H](CN2C(=O)C3(CN(c4ccsc4)C3)c3ccccc32)CC1)c1cc(Cl)cnc1C(F)F. The normalized spacial score (nSPS) is 22.1. The van der Waals surface area contributed by atoms with Crippen LogP contribution in [0.15, 0.2) is 53.4 Å². The number of rotatable bonds is 6. The van der Waals surface area contributed by atoms with Crippen LogP contribution in [-0.4, -0.2) is 42.5 Å². The van der Waals surface area contributed by atoms with E-state index >= 15 is 0 Å². The van der Waals surface area contributed by atoms with Crippen molar-refractivity contribution in [3.8, 4) is 0 Å². The molecule has 2 aromatic heterocycles. The van der Waals surface area contributed by atoms with Gasteiger partial charge in [-0.2, -0.15) is 11.3 Å². The molecule has 3 aromatic rings. The van der Waals surface area contributed by atoms with Crippen LogP contribution < -0.4 is 15.1 Å². The van der Waals surface area contributed by atoms with Crippen molar-refractivity contribution in [3.05, 3.63) is 75.2 Å². The van der Waals surface area contributed by atoms with Gasteiger partial charge in [0.2, 0.25) is 5.91 Å². The number of aromatic nitrogens is 1. The number of hydrogen-bond donors (Lipinski definition) is 1. The van der Waals surface area contributed by atoms with Crippen molar-refractivity contribution >= 4 is 46.1 Å². The predicted octanol–water partition coefficient (Wildman–Crippen LogP) is 5.83. The highest BCUT2D eigenvalue weighted by Gasteiger charge is 2.58. The summed E-state index contributed by atoms with van der Waals surface area (Å²) < 4.78 is 26.7. The molecular weight excluding hydrogens is 530 g/mol. The van der Waals surface area contributed by atoms with E-state index in [0.717, 1.165) is 43.1 Å². The number of amides is 2. The number of carbonyl (C=O) groups is 2. The molecule has 3 aliphatic rings. The first-order valence-corrected chi connectivity index (χ1v) is 14.1. The molecule has 0 atom stereocenters. The monoisotopic (exact) mass is 556 g/mol. The van der Waals surface area contributed by atoms with E-state index in [4.69, 9.17) is 11.6 Å². The van der Waals surface area contributed by atoms with Gasteiger partial charge in [-0.1, -0.05) is 29.8 Å². The number of thiophene rings is 1. The van der Waals surface area contributed by atoms with Gasteiger partial charge in [0.15, 0.2) is 0 Å². The van der Waals surface area contributed by atoms with E-state index < -0.39 is 23.4 Å². The van der Waals surface area contributed by atoms with E-state index in [-0.39, 0.29) is 22.5 Å². The molecule has 1 saturated carbocycles. The number of halogens is 3. The van der Waals surface area contributed by atoms with Crippen molar-refractivity contribution in [3.63, 3.8) is 0 Å². The summed E-state index contributed by atoms with van der Waals surface area (Å²) in [6.45, 7) is 2.02. The zero-order valence-electron chi connectivity index (χ0n) is 20.6. The predicted molar refractivity (Wildman–Crippen MR) is 144 cm³/mol. The standard InChI is InChI=1S/C28H27ClF2N4O2S/c29-18-11-21(24(25(30)31)32-12-18)26(36)33-19-7-5-17(6-8-19)13-35-23-4-2-1-3-22(23)28(27(35)37)15-34(16-28)20-9-10-38-14-20/h1-4,9-12,14,17,19,25H,5-8,13,15-16H2,(H,33,36)/t17-,19-. The van der Waals surface area contributed by atoms with E-state index in [0.29, 0.717) is 25.6 Å². The van der Waals surface area contributed by atoms with Gasteiger partial charge in [-0.05, 0) is 60.7 Å². The lowest BCUT2D eigenvalue weighted by Crippen LogP contribution is -2.64. The minimum Gasteiger partial charge on any atom is -0.368 e. The van der Waals surface area contributed by atoms with Crippen LogP contribution in [-0.2, 0) is 10.2 Å². The second-order valence-electron chi connectivity index (χ2n) is 10.4. The number of para-hydroxylation sites is 1. The second-order valence-corrected chi connectivity index (χ2v) is 11.6. The Kier molecular flexibility index (Phi) is 6.60. The topological polar surface area (TPSA) is 65.5 Å². The second kappa shape index (κ2) is 9.93. The largest absolute Gasteiger partial charge is 0.368 e. The third kappa shape index (κ3) is 4.35. The smallest absolute Gasteiger partial charge is 0.281 e. The Bertz CT molecular complexity index is 1350. The Morgan fingerprint density at radius 1 is 1.18 bits per heavy atom. The summed E-state index contributed by atoms with van der Waals surface area (Å²) in [6, 6.07) is 11.3. The van der Waals surface area contributed by atoms with Gasteiger partial charge in [0.05, 0.1) is 10.6 Å². The summed E-state index contributed by atoms with van der Waals surface area (Å²) in [7, 11) is 0. The molecule has 198 valence electrons. The number of pyridine rings is 1. The summed E-state index contributed by atoms with van der Waals surface area (Å²) in [4.78, 5) is 34.4. The number of fused-ring (bicyclic) bond motifs is 2. The first-order valence-electron chi connectivity index (χ1n) is 12.8. The molecule has 1 aromatic carbocycles. The van der Waals surface area contributed by atoms with Gasteiger partial charge in [0, 0.05) is 48.6 Å². The molecule has 1 aliphatic carbocycles. The molecule has 0 radical (unpaired) electrons. The maximum Gasteiger partial charge on any atom is 0.281 e. The molecule has 2 aliphatic heterocycles. The van der Waals surface area contributed by atoms with Crippen molar-refractivity contribution in [2.24, 2.45) is 5.92 Å². The highest BCUT2D eigenvalue weighted by atomic mass is 35.5. The van der Waals surface area contributed by atoms with Crippen LogP contribution in [0.2, 0.25) is 5.02 Å². The number of nitrogens with one attached hydrogen (secondary N) is 1. The summed E-state index contributed by atoms with van der Waals surface area (Å²) in [5.74, 6) is -0.106. The lowest BCUT2D eigenvalue weighted by atomic mass is 9.74. The Labute approximate surface area is 228 Å². The van der Waals surface area contributed by atoms with Crippen LogP contribution in [0.3, 0.4) is 0 Å². The van der Waals surface area contributed by atoms with Crippen LogP contribution in [0.25, 0.3) is 0 Å². The van der Waals surface area contributed by atoms with Crippen molar-refractivity contribution < 1.29 is 18.4 Å². The van der Waals surface area contributed by atoms with E-state index in [1.165, 1.54) is 11.8 Å². The van der Waals surface area contributed by atoms with Crippen LogP contribution in [0.4, 0.5) is 20.2 Å². The number of alkyl halides is 2. The average Bonchev–Trinajstić information content (AvgIpc) is 3.49. The van der Waals surface area contributed by atoms with Crippen LogP contribution in [0, 0.1) is 5.92 Å². The van der Waals surface area contributed by atoms with Crippen molar-refractivity contribution in [1.82, 2.24) is 10.3 Å². The Morgan fingerprint density at radius 2 is 1.95 bits per heavy atom. The zero-order chi connectivity index (χ0) is 26.4. The van der Waals surface area contributed by atoms with Crippen LogP contribution in [0.5, 0.6) is 0 Å². The van der Waals surface area contributed by atoms with E-state index in [2.05, 4.69) is 38.1 Å². The van der Waals surface area contributed by atoms with Crippen molar-refractivity contribution in [2.45, 2.75) is 43.6 Å². The maximum absolute atomic E-state index is 13.8. The third-order valence-corrected chi connectivity index (χ3v) is 8.99. The molecule has 0 unspecified atom stereocenters. The molecule has 2 amide bonds. The first kappa shape index (κ1) is 25.2. The summed E-state index contributed by atoms with van der Waals surface area (Å²) in [6.07, 6.45) is 1.36. The molecular formula is C28H27ClF2N4O2S. The fourth-order valence-electron chi connectivity index (χ4n) is 6.12. The molecule has 6 nitrogen and oxygen atoms in total. The summed E-state index contributed by atoms with van der Waals surface area (Å²) >= 11 is 7.56. The highest BCUT2D eigenvalue weighted by molar-refractivity contribution is 7.08. The molecule has 0 bridgehead atoms. The average molecular weight is 557 g/mol. The number of hydrogen-bond acceptors (Lipinski definition) is 5. The maximum atomic E-state index is 13.8. The third-order valence-electron chi connectivity index (χ3n) is 8.12. The van der Waals surface area contributed by atoms with E-state index in [9.17, 15) is 18.4 Å². The number of anilines is 2. The fraction of sp³-hybridized carbons (Fsp3) is 0.393. The lowest BCUT2D eigenvalue weighted by molar-refractivity contribution is -0.124. The minimum atomic E-state index is -2.86. The Hall–Kier alpha value is -3.04. The zero-order valence-corrected chi connectivity index (χ0v) is 22.2. The van der Waals surface area contributed by atoms with Crippen LogP contribution >= 0.6 is 22.9 Å². The molecule has 10 heteroatoms. The molecule has 1 saturated heterocycles.